The molecule has 1 amide bonds. The molecule has 1 atom stereocenters. The van der Waals surface area contributed by atoms with Crippen molar-refractivity contribution < 1.29 is 9.90 Å². The summed E-state index contributed by atoms with van der Waals surface area (Å²) in [6, 6.07) is 14.2. The van der Waals surface area contributed by atoms with E-state index in [4.69, 9.17) is 23.2 Å². The molecule has 2 aromatic carbocycles. The van der Waals surface area contributed by atoms with Crippen LogP contribution in [0.15, 0.2) is 70.5 Å². The molecule has 0 fully saturated rings. The van der Waals surface area contributed by atoms with Crippen molar-refractivity contribution in [3.63, 3.8) is 0 Å². The quantitative estimate of drug-likeness (QED) is 0.386. The van der Waals surface area contributed by atoms with Gasteiger partial charge in [0.05, 0.1) is 24.8 Å². The van der Waals surface area contributed by atoms with Gasteiger partial charge in [-0.15, -0.1) is 4.99 Å². The van der Waals surface area contributed by atoms with E-state index in [0.717, 1.165) is 11.1 Å². The third-order valence-electron chi connectivity index (χ3n) is 5.32. The highest BCUT2D eigenvalue weighted by molar-refractivity contribution is 6.31. The molecule has 0 bridgehead atoms. The highest BCUT2D eigenvalue weighted by Gasteiger charge is 2.38. The largest absolute Gasteiger partial charge is 0.510 e. The molecule has 2 N–H and O–H groups in total. The number of halogens is 2. The number of guanidine groups is 1. The van der Waals surface area contributed by atoms with Crippen molar-refractivity contribution >= 4 is 40.8 Å². The number of aliphatic hydroxyl groups is 1. The first-order chi connectivity index (χ1) is 15.9. The fourth-order valence-corrected chi connectivity index (χ4v) is 3.98. The molecule has 1 unspecified atom stereocenters. The Kier molecular flexibility index (Phi) is 6.82. The lowest BCUT2D eigenvalue weighted by Gasteiger charge is -2.25. The molecule has 0 saturated carbocycles. The Morgan fingerprint density at radius 2 is 1.85 bits per heavy atom. The molecule has 2 aliphatic heterocycles. The van der Waals surface area contributed by atoms with Gasteiger partial charge in [0.25, 0.3) is 5.91 Å². The number of rotatable bonds is 5. The average molecular weight is 483 g/mol. The van der Waals surface area contributed by atoms with Crippen LogP contribution < -0.4 is 5.32 Å². The molecule has 2 aliphatic rings. The third kappa shape index (κ3) is 5.28. The number of carbonyl (C=O) groups excluding carboxylic acids is 1. The zero-order valence-electron chi connectivity index (χ0n) is 17.4. The first-order valence-corrected chi connectivity index (χ1v) is 11.0. The summed E-state index contributed by atoms with van der Waals surface area (Å²) >= 11 is 12.0. The van der Waals surface area contributed by atoms with Crippen LogP contribution in [0.1, 0.15) is 11.1 Å². The van der Waals surface area contributed by atoms with E-state index in [1.165, 1.54) is 6.08 Å². The molecule has 33 heavy (non-hydrogen) atoms. The molecular weight excluding hydrogens is 463 g/mol. The Labute approximate surface area is 201 Å². The van der Waals surface area contributed by atoms with E-state index in [0.29, 0.717) is 28.7 Å². The minimum absolute atomic E-state index is 0.000844. The second-order valence-electron chi connectivity index (χ2n) is 7.53. The van der Waals surface area contributed by atoms with Crippen LogP contribution >= 0.6 is 23.2 Å². The molecule has 168 valence electrons. The van der Waals surface area contributed by atoms with Gasteiger partial charge in [-0.2, -0.15) is 10.4 Å². The smallest absolute Gasteiger partial charge is 0.251 e. The second-order valence-corrected chi connectivity index (χ2v) is 8.40. The zero-order valence-corrected chi connectivity index (χ0v) is 19.0. The average Bonchev–Trinajstić information content (AvgIpc) is 3.37. The van der Waals surface area contributed by atoms with Gasteiger partial charge in [-0.1, -0.05) is 47.5 Å². The van der Waals surface area contributed by atoms with Crippen LogP contribution in [0.25, 0.3) is 0 Å². The first kappa shape index (κ1) is 22.6. The van der Waals surface area contributed by atoms with E-state index in [9.17, 15) is 15.2 Å². The highest BCUT2D eigenvalue weighted by atomic mass is 35.5. The Bertz CT molecular complexity index is 1170. The maximum Gasteiger partial charge on any atom is 0.251 e. The molecule has 0 aromatic heterocycles. The normalized spacial score (nSPS) is 18.3. The van der Waals surface area contributed by atoms with Crippen LogP contribution in [-0.4, -0.2) is 58.3 Å². The predicted octanol–water partition coefficient (Wildman–Crippen LogP) is 3.34. The molecule has 0 aliphatic carbocycles. The molecule has 4 rings (SSSR count). The van der Waals surface area contributed by atoms with Crippen LogP contribution in [-0.2, 0) is 11.2 Å². The van der Waals surface area contributed by atoms with Gasteiger partial charge in [0, 0.05) is 28.2 Å². The summed E-state index contributed by atoms with van der Waals surface area (Å²) in [6.45, 7) is 0.887. The summed E-state index contributed by atoms with van der Waals surface area (Å²) < 4.78 is 0. The maximum absolute atomic E-state index is 12.4. The van der Waals surface area contributed by atoms with E-state index < -0.39 is 6.04 Å². The van der Waals surface area contributed by atoms with E-state index >= 15 is 0 Å². The van der Waals surface area contributed by atoms with Crippen LogP contribution in [0.3, 0.4) is 0 Å². The number of aliphatic hydroxyl groups excluding tert-OH is 1. The van der Waals surface area contributed by atoms with Gasteiger partial charge in [-0.25, -0.2) is 5.01 Å². The number of hydrogen-bond donors (Lipinski definition) is 2. The summed E-state index contributed by atoms with van der Waals surface area (Å²) in [5, 5.41) is 29.8. The maximum atomic E-state index is 12.4. The van der Waals surface area contributed by atoms with E-state index in [-0.39, 0.29) is 30.7 Å². The molecule has 0 radical (unpaired) electrons. The molecule has 0 spiro atoms. The van der Waals surface area contributed by atoms with Crippen LogP contribution in [0.4, 0.5) is 0 Å². The van der Waals surface area contributed by atoms with Crippen molar-refractivity contribution in [2.75, 3.05) is 19.6 Å². The fourth-order valence-electron chi connectivity index (χ4n) is 3.73. The van der Waals surface area contributed by atoms with Crippen molar-refractivity contribution in [3.8, 4) is 6.19 Å². The minimum atomic E-state index is -0.443. The van der Waals surface area contributed by atoms with Crippen molar-refractivity contribution in [3.05, 3.63) is 81.5 Å². The van der Waals surface area contributed by atoms with Gasteiger partial charge in [0.15, 0.2) is 0 Å². The van der Waals surface area contributed by atoms with E-state index in [1.54, 1.807) is 22.0 Å². The van der Waals surface area contributed by atoms with Crippen LogP contribution in [0, 0.1) is 11.5 Å². The lowest BCUT2D eigenvalue weighted by Crippen LogP contribution is -2.47. The lowest BCUT2D eigenvalue weighted by atomic mass is 10.0. The number of hydrogen-bond acceptors (Lipinski definition) is 5. The fraction of sp³-hybridized carbons (Fsp3) is 0.217. The number of amides is 1. The number of nitriles is 1. The zero-order chi connectivity index (χ0) is 23.4. The van der Waals surface area contributed by atoms with Crippen molar-refractivity contribution in [1.82, 2.24) is 15.2 Å². The Morgan fingerprint density at radius 1 is 1.18 bits per heavy atom. The SMILES string of the molecule is N#CN=C(NCCc1ccc(Cl)cc1)N1CC(N2CC(O)=CC2=O)C(c2ccc(Cl)cc2)=N1. The monoisotopic (exact) mass is 482 g/mol. The molecule has 0 saturated heterocycles. The van der Waals surface area contributed by atoms with Gasteiger partial charge in [-0.3, -0.25) is 4.79 Å². The lowest BCUT2D eigenvalue weighted by molar-refractivity contribution is -0.125. The first-order valence-electron chi connectivity index (χ1n) is 10.2. The number of nitrogens with one attached hydrogen (secondary N) is 1. The van der Waals surface area contributed by atoms with Gasteiger partial charge in [0.1, 0.15) is 5.76 Å². The van der Waals surface area contributed by atoms with Crippen LogP contribution in [0.5, 0.6) is 0 Å². The number of benzene rings is 2. The second kappa shape index (κ2) is 9.94. The summed E-state index contributed by atoms with van der Waals surface area (Å²) in [7, 11) is 0. The predicted molar refractivity (Wildman–Crippen MR) is 127 cm³/mol. The van der Waals surface area contributed by atoms with Crippen molar-refractivity contribution in [1.29, 1.82) is 5.26 Å². The Balaban J connectivity index is 1.55. The molecular formula is C23H20Cl2N6O2. The number of aliphatic imine (C=N–C) groups is 1. The van der Waals surface area contributed by atoms with E-state index in [1.807, 2.05) is 42.6 Å². The van der Waals surface area contributed by atoms with Gasteiger partial charge >= 0.3 is 0 Å². The standard InChI is InChI=1S/C23H20Cl2N6O2/c24-17-5-1-15(2-6-17)9-10-27-23(28-14-26)31-13-20(30-12-19(32)11-21(30)33)22(29-31)16-3-7-18(25)8-4-16/h1-8,11,20,32H,9-10,12-13H2,(H,27,28). The highest BCUT2D eigenvalue weighted by Crippen LogP contribution is 2.24. The number of nitrogens with zero attached hydrogens (tertiary/aromatic N) is 5. The molecule has 10 heteroatoms. The summed E-state index contributed by atoms with van der Waals surface area (Å²) in [4.78, 5) is 17.9. The molecule has 2 heterocycles. The number of carbonyl (C=O) groups is 1. The summed E-state index contributed by atoms with van der Waals surface area (Å²) in [5.74, 6) is -0.0133. The Hall–Kier alpha value is -3.54. The number of hydrazone groups is 1. The Morgan fingerprint density at radius 3 is 2.45 bits per heavy atom. The van der Waals surface area contributed by atoms with Crippen LogP contribution in [0.2, 0.25) is 10.0 Å². The van der Waals surface area contributed by atoms with Gasteiger partial charge in [0.2, 0.25) is 12.2 Å². The summed E-state index contributed by atoms with van der Waals surface area (Å²) in [5.41, 5.74) is 2.48. The topological polar surface area (TPSA) is 104 Å². The molecule has 2 aromatic rings. The van der Waals surface area contributed by atoms with Crippen molar-refractivity contribution in [2.24, 2.45) is 10.1 Å². The summed E-state index contributed by atoms with van der Waals surface area (Å²) in [6.07, 6.45) is 3.71. The minimum Gasteiger partial charge on any atom is -0.510 e. The van der Waals surface area contributed by atoms with Crippen molar-refractivity contribution in [2.45, 2.75) is 12.5 Å². The van der Waals surface area contributed by atoms with Gasteiger partial charge < -0.3 is 15.3 Å². The third-order valence-corrected chi connectivity index (χ3v) is 5.83. The van der Waals surface area contributed by atoms with E-state index in [2.05, 4.69) is 15.4 Å². The molecule has 8 nitrogen and oxygen atoms in total. The van der Waals surface area contributed by atoms with Gasteiger partial charge in [-0.05, 0) is 36.2 Å².